The maximum absolute atomic E-state index is 13.6. The molecule has 0 saturated carbocycles. The Bertz CT molecular complexity index is 610. The molecular formula is C12H10BrFN2O. The summed E-state index contributed by atoms with van der Waals surface area (Å²) < 4.78 is 14.3. The molecule has 0 atom stereocenters. The normalized spacial score (nSPS) is 10.5. The number of halogens is 2. The molecule has 1 aromatic carbocycles. The van der Waals surface area contributed by atoms with Crippen LogP contribution in [0.1, 0.15) is 16.8 Å². The van der Waals surface area contributed by atoms with Crippen LogP contribution in [0.2, 0.25) is 0 Å². The smallest absolute Gasteiger partial charge is 0.267 e. The minimum absolute atomic E-state index is 0.262. The van der Waals surface area contributed by atoms with Crippen LogP contribution in [0.5, 0.6) is 0 Å². The van der Waals surface area contributed by atoms with E-state index in [1.165, 1.54) is 6.07 Å². The standard InChI is InChI=1S/C12H10BrFN2O/c1-7-4-9(12(17)16-15-7)5-8-2-3-10(13)6-11(8)14/h2-4,6H,5H2,1H3,(H,16,17). The molecule has 0 fully saturated rings. The molecule has 3 nitrogen and oxygen atoms in total. The van der Waals surface area contributed by atoms with Crippen molar-refractivity contribution in [2.24, 2.45) is 0 Å². The fourth-order valence-corrected chi connectivity index (χ4v) is 1.90. The second-order valence-corrected chi connectivity index (χ2v) is 4.69. The number of benzene rings is 1. The van der Waals surface area contributed by atoms with Crippen LogP contribution in [0.3, 0.4) is 0 Å². The zero-order chi connectivity index (χ0) is 12.4. The minimum Gasteiger partial charge on any atom is -0.268 e. The summed E-state index contributed by atoms with van der Waals surface area (Å²) in [6, 6.07) is 6.47. The van der Waals surface area contributed by atoms with Crippen LogP contribution in [0.15, 0.2) is 33.5 Å². The highest BCUT2D eigenvalue weighted by atomic mass is 79.9. The summed E-state index contributed by atoms with van der Waals surface area (Å²) in [6.07, 6.45) is 0.262. The molecule has 2 rings (SSSR count). The highest BCUT2D eigenvalue weighted by Gasteiger charge is 2.07. The van der Waals surface area contributed by atoms with Gasteiger partial charge in [-0.3, -0.25) is 4.79 Å². The van der Waals surface area contributed by atoms with Crippen molar-refractivity contribution in [3.8, 4) is 0 Å². The molecule has 2 aromatic rings. The van der Waals surface area contributed by atoms with Crippen LogP contribution in [-0.4, -0.2) is 10.2 Å². The Morgan fingerprint density at radius 2 is 2.12 bits per heavy atom. The maximum atomic E-state index is 13.6. The number of rotatable bonds is 2. The van der Waals surface area contributed by atoms with E-state index in [-0.39, 0.29) is 17.8 Å². The van der Waals surface area contributed by atoms with Crippen molar-refractivity contribution in [3.63, 3.8) is 0 Å². The van der Waals surface area contributed by atoms with Crippen molar-refractivity contribution in [3.05, 3.63) is 61.7 Å². The number of H-pyrrole nitrogens is 1. The third kappa shape index (κ3) is 2.79. The first-order chi connectivity index (χ1) is 8.06. The summed E-state index contributed by atoms with van der Waals surface area (Å²) in [5, 5.41) is 6.16. The Kier molecular flexibility index (Phi) is 3.38. The number of hydrogen-bond acceptors (Lipinski definition) is 2. The molecule has 0 aliphatic heterocycles. The largest absolute Gasteiger partial charge is 0.268 e. The van der Waals surface area contributed by atoms with Gasteiger partial charge in [0.05, 0.1) is 5.69 Å². The fraction of sp³-hybridized carbons (Fsp3) is 0.167. The fourth-order valence-electron chi connectivity index (χ4n) is 1.56. The summed E-state index contributed by atoms with van der Waals surface area (Å²) in [4.78, 5) is 11.5. The van der Waals surface area contributed by atoms with Gasteiger partial charge in [0.1, 0.15) is 5.82 Å². The summed E-state index contributed by atoms with van der Waals surface area (Å²) in [7, 11) is 0. The second kappa shape index (κ2) is 4.79. The van der Waals surface area contributed by atoms with Crippen LogP contribution < -0.4 is 5.56 Å². The molecule has 0 unspecified atom stereocenters. The van der Waals surface area contributed by atoms with Gasteiger partial charge >= 0.3 is 0 Å². The molecule has 17 heavy (non-hydrogen) atoms. The van der Waals surface area contributed by atoms with E-state index < -0.39 is 0 Å². The van der Waals surface area contributed by atoms with Crippen molar-refractivity contribution >= 4 is 15.9 Å². The van der Waals surface area contributed by atoms with Gasteiger partial charge in [0.25, 0.3) is 5.56 Å². The number of nitrogens with one attached hydrogen (secondary N) is 1. The molecule has 0 amide bonds. The molecule has 0 saturated heterocycles. The molecule has 1 N–H and O–H groups in total. The van der Waals surface area contributed by atoms with E-state index in [2.05, 4.69) is 26.1 Å². The Hall–Kier alpha value is -1.49. The lowest BCUT2D eigenvalue weighted by Crippen LogP contribution is -2.15. The van der Waals surface area contributed by atoms with Gasteiger partial charge in [-0.25, -0.2) is 9.49 Å². The first-order valence-electron chi connectivity index (χ1n) is 5.05. The Morgan fingerprint density at radius 1 is 1.35 bits per heavy atom. The van der Waals surface area contributed by atoms with Gasteiger partial charge in [-0.2, -0.15) is 5.10 Å². The molecule has 88 valence electrons. The van der Waals surface area contributed by atoms with Crippen molar-refractivity contribution in [2.75, 3.05) is 0 Å². The Morgan fingerprint density at radius 3 is 2.82 bits per heavy atom. The van der Waals surface area contributed by atoms with Crippen LogP contribution in [0.25, 0.3) is 0 Å². The molecule has 0 aliphatic rings. The SMILES string of the molecule is Cc1cc(Cc2ccc(Br)cc2F)c(=O)[nH]n1. The molecule has 0 radical (unpaired) electrons. The van der Waals surface area contributed by atoms with Gasteiger partial charge in [-0.1, -0.05) is 22.0 Å². The van der Waals surface area contributed by atoms with Gasteiger partial charge in [-0.05, 0) is 30.7 Å². The summed E-state index contributed by atoms with van der Waals surface area (Å²) in [5.74, 6) is -0.326. The molecule has 0 bridgehead atoms. The van der Waals surface area contributed by atoms with Crippen LogP contribution in [0.4, 0.5) is 4.39 Å². The van der Waals surface area contributed by atoms with Crippen LogP contribution >= 0.6 is 15.9 Å². The first kappa shape index (κ1) is 12.0. The Labute approximate surface area is 106 Å². The van der Waals surface area contributed by atoms with Crippen LogP contribution in [-0.2, 0) is 6.42 Å². The van der Waals surface area contributed by atoms with Gasteiger partial charge < -0.3 is 0 Å². The molecule has 1 heterocycles. The van der Waals surface area contributed by atoms with Crippen molar-refractivity contribution in [1.82, 2.24) is 10.2 Å². The highest BCUT2D eigenvalue weighted by Crippen LogP contribution is 2.17. The third-order valence-electron chi connectivity index (χ3n) is 2.40. The van der Waals surface area contributed by atoms with Crippen molar-refractivity contribution in [1.29, 1.82) is 0 Å². The predicted octanol–water partition coefficient (Wildman–Crippen LogP) is 2.57. The zero-order valence-corrected chi connectivity index (χ0v) is 10.7. The average molecular weight is 297 g/mol. The molecule has 5 heteroatoms. The van der Waals surface area contributed by atoms with E-state index in [1.54, 1.807) is 25.1 Å². The molecule has 1 aromatic heterocycles. The molecular weight excluding hydrogens is 287 g/mol. The second-order valence-electron chi connectivity index (χ2n) is 3.78. The lowest BCUT2D eigenvalue weighted by molar-refractivity contribution is 0.612. The Balaban J connectivity index is 2.38. The van der Waals surface area contributed by atoms with Crippen molar-refractivity contribution < 1.29 is 4.39 Å². The van der Waals surface area contributed by atoms with Gasteiger partial charge in [0.2, 0.25) is 0 Å². The topological polar surface area (TPSA) is 45.8 Å². The monoisotopic (exact) mass is 296 g/mol. The van der Waals surface area contributed by atoms with Gasteiger partial charge in [0, 0.05) is 16.5 Å². The zero-order valence-electron chi connectivity index (χ0n) is 9.13. The number of aromatic nitrogens is 2. The van der Waals surface area contributed by atoms with Gasteiger partial charge in [-0.15, -0.1) is 0 Å². The van der Waals surface area contributed by atoms with E-state index in [0.717, 1.165) is 0 Å². The van der Waals surface area contributed by atoms with Gasteiger partial charge in [0.15, 0.2) is 0 Å². The first-order valence-corrected chi connectivity index (χ1v) is 5.84. The molecule has 0 spiro atoms. The summed E-state index contributed by atoms with van der Waals surface area (Å²) >= 11 is 3.19. The summed E-state index contributed by atoms with van der Waals surface area (Å²) in [5.41, 5.74) is 1.43. The van der Waals surface area contributed by atoms with E-state index in [1.807, 2.05) is 0 Å². The maximum Gasteiger partial charge on any atom is 0.267 e. The predicted molar refractivity (Wildman–Crippen MR) is 66.5 cm³/mol. The molecule has 0 aliphatic carbocycles. The number of aromatic amines is 1. The van der Waals surface area contributed by atoms with E-state index in [9.17, 15) is 9.18 Å². The number of hydrogen-bond donors (Lipinski definition) is 1. The number of nitrogens with zero attached hydrogens (tertiary/aromatic N) is 1. The average Bonchev–Trinajstić information content (AvgIpc) is 2.27. The minimum atomic E-state index is -0.326. The van der Waals surface area contributed by atoms with E-state index >= 15 is 0 Å². The summed E-state index contributed by atoms with van der Waals surface area (Å²) in [6.45, 7) is 1.78. The third-order valence-corrected chi connectivity index (χ3v) is 2.90. The quantitative estimate of drug-likeness (QED) is 0.926. The van der Waals surface area contributed by atoms with E-state index in [0.29, 0.717) is 21.3 Å². The lowest BCUT2D eigenvalue weighted by atomic mass is 10.1. The van der Waals surface area contributed by atoms with Crippen LogP contribution in [0, 0.1) is 12.7 Å². The van der Waals surface area contributed by atoms with Crippen molar-refractivity contribution in [2.45, 2.75) is 13.3 Å². The van der Waals surface area contributed by atoms with E-state index in [4.69, 9.17) is 0 Å². The lowest BCUT2D eigenvalue weighted by Gasteiger charge is -2.03. The number of aryl methyl sites for hydroxylation is 1. The highest BCUT2D eigenvalue weighted by molar-refractivity contribution is 9.10.